The van der Waals surface area contributed by atoms with Crippen LogP contribution in [0.4, 0.5) is 17.5 Å². The topological polar surface area (TPSA) is 161 Å². The van der Waals surface area contributed by atoms with Gasteiger partial charge in [-0.15, -0.1) is 0 Å². The van der Waals surface area contributed by atoms with E-state index < -0.39 is 0 Å². The van der Waals surface area contributed by atoms with Gasteiger partial charge < -0.3 is 30.3 Å². The van der Waals surface area contributed by atoms with Crippen molar-refractivity contribution < 1.29 is 23.9 Å². The third-order valence-corrected chi connectivity index (χ3v) is 5.81. The molecular weight excluding hydrogens is 600 g/mol. The van der Waals surface area contributed by atoms with Crippen LogP contribution in [0.1, 0.15) is 98.1 Å². The van der Waals surface area contributed by atoms with Gasteiger partial charge in [-0.25, -0.2) is 9.97 Å². The summed E-state index contributed by atoms with van der Waals surface area (Å²) < 4.78 is 9.46. The molecule has 0 aliphatic rings. The van der Waals surface area contributed by atoms with Gasteiger partial charge in [-0.1, -0.05) is 13.8 Å². The van der Waals surface area contributed by atoms with Crippen LogP contribution in [0.2, 0.25) is 0 Å². The quantitative estimate of drug-likeness (QED) is 0.104. The van der Waals surface area contributed by atoms with Crippen LogP contribution in [-0.2, 0) is 25.6 Å². The van der Waals surface area contributed by atoms with Gasteiger partial charge in [0.1, 0.15) is 0 Å². The average molecular weight is 655 g/mol. The molecule has 13 nitrogen and oxygen atoms in total. The van der Waals surface area contributed by atoms with Crippen molar-refractivity contribution in [2.45, 2.75) is 113 Å². The normalized spacial score (nSPS) is 10.5. The number of rotatable bonds is 15. The molecular formula is C34H54N8O5. The molecule has 0 atom stereocenters. The van der Waals surface area contributed by atoms with Crippen molar-refractivity contribution in [3.63, 3.8) is 0 Å². The zero-order valence-electron chi connectivity index (χ0n) is 29.9. The van der Waals surface area contributed by atoms with Gasteiger partial charge in [0.05, 0.1) is 30.6 Å². The smallest absolute Gasteiger partial charge is 0.306 e. The maximum absolute atomic E-state index is 12.5. The first-order valence-electron chi connectivity index (χ1n) is 16.2. The minimum Gasteiger partial charge on any atom is -0.465 e. The molecule has 2 heterocycles. The van der Waals surface area contributed by atoms with Crippen LogP contribution in [0.25, 0.3) is 11.2 Å². The Bertz CT molecular complexity index is 1380. The predicted octanol–water partition coefficient (Wildman–Crippen LogP) is 5.75. The highest BCUT2D eigenvalue weighted by atomic mass is 16.5. The number of benzene rings is 1. The van der Waals surface area contributed by atoms with Gasteiger partial charge in [-0.2, -0.15) is 9.97 Å². The molecule has 13 heteroatoms. The highest BCUT2D eigenvalue weighted by molar-refractivity contribution is 5.94. The molecule has 2 aromatic heterocycles. The Labute approximate surface area is 279 Å². The molecule has 0 saturated carbocycles. The van der Waals surface area contributed by atoms with Crippen molar-refractivity contribution in [2.75, 3.05) is 29.1 Å². The number of hydrogen-bond donors (Lipinski definition) is 3. The molecule has 0 saturated heterocycles. The SMILES string of the molecule is CC.CC(C)Nc1nc(NC(C)C)c2nc(CN(C)c3ccc(C(=O)NCCCC(=O)OC(C)C)cc3)cnc2n1.CC(C)OC=O. The maximum Gasteiger partial charge on any atom is 0.306 e. The van der Waals surface area contributed by atoms with Crippen LogP contribution in [-0.4, -0.2) is 76.2 Å². The fourth-order valence-corrected chi connectivity index (χ4v) is 3.89. The second kappa shape index (κ2) is 21.3. The molecule has 0 bridgehead atoms. The summed E-state index contributed by atoms with van der Waals surface area (Å²) in [6.45, 7) is 20.7. The van der Waals surface area contributed by atoms with Crippen molar-refractivity contribution in [2.24, 2.45) is 0 Å². The Morgan fingerprint density at radius 3 is 2.06 bits per heavy atom. The lowest BCUT2D eigenvalue weighted by Gasteiger charge is -2.20. The van der Waals surface area contributed by atoms with Crippen LogP contribution in [0.15, 0.2) is 30.5 Å². The number of hydrogen-bond acceptors (Lipinski definition) is 12. The van der Waals surface area contributed by atoms with E-state index in [4.69, 9.17) is 9.72 Å². The van der Waals surface area contributed by atoms with Crippen molar-refractivity contribution >= 4 is 47.0 Å². The summed E-state index contributed by atoms with van der Waals surface area (Å²) in [7, 11) is 1.95. The van der Waals surface area contributed by atoms with Crippen LogP contribution < -0.4 is 20.9 Å². The Morgan fingerprint density at radius 1 is 0.894 bits per heavy atom. The summed E-state index contributed by atoms with van der Waals surface area (Å²) >= 11 is 0. The second-order valence-corrected chi connectivity index (χ2v) is 11.6. The lowest BCUT2D eigenvalue weighted by molar-refractivity contribution is -0.147. The van der Waals surface area contributed by atoms with Gasteiger partial charge in [-0.3, -0.25) is 14.4 Å². The van der Waals surface area contributed by atoms with Crippen LogP contribution in [0, 0.1) is 0 Å². The van der Waals surface area contributed by atoms with Crippen LogP contribution in [0.5, 0.6) is 0 Å². The Balaban J connectivity index is 0.00000124. The fraction of sp³-hybridized carbons (Fsp3) is 0.559. The number of nitrogens with one attached hydrogen (secondary N) is 3. The summed E-state index contributed by atoms with van der Waals surface area (Å²) in [6, 6.07) is 7.70. The molecule has 1 aromatic carbocycles. The molecule has 0 aliphatic carbocycles. The van der Waals surface area contributed by atoms with Gasteiger partial charge in [-0.05, 0) is 86.1 Å². The Kier molecular flexibility index (Phi) is 18.3. The number of nitrogens with zero attached hydrogens (tertiary/aromatic N) is 5. The summed E-state index contributed by atoms with van der Waals surface area (Å²) in [5, 5.41) is 9.43. The van der Waals surface area contributed by atoms with Crippen molar-refractivity contribution in [1.29, 1.82) is 0 Å². The molecule has 0 fully saturated rings. The summed E-state index contributed by atoms with van der Waals surface area (Å²) in [5.74, 6) is 0.716. The van der Waals surface area contributed by atoms with Gasteiger partial charge in [0, 0.05) is 43.3 Å². The van der Waals surface area contributed by atoms with Gasteiger partial charge in [0.25, 0.3) is 12.4 Å². The second-order valence-electron chi connectivity index (χ2n) is 11.6. The number of fused-ring (bicyclic) bond motifs is 1. The zero-order chi connectivity index (χ0) is 35.5. The van der Waals surface area contributed by atoms with E-state index >= 15 is 0 Å². The van der Waals surface area contributed by atoms with Crippen molar-refractivity contribution in [3.05, 3.63) is 41.7 Å². The highest BCUT2D eigenvalue weighted by Gasteiger charge is 2.15. The summed E-state index contributed by atoms with van der Waals surface area (Å²) in [4.78, 5) is 54.0. The lowest BCUT2D eigenvalue weighted by Crippen LogP contribution is -2.25. The van der Waals surface area contributed by atoms with E-state index in [1.165, 1.54) is 0 Å². The molecule has 0 spiro atoms. The third-order valence-electron chi connectivity index (χ3n) is 5.81. The molecule has 260 valence electrons. The van der Waals surface area contributed by atoms with Gasteiger partial charge in [0.2, 0.25) is 5.95 Å². The average Bonchev–Trinajstić information content (AvgIpc) is 3.00. The van der Waals surface area contributed by atoms with E-state index in [2.05, 4.69) is 35.6 Å². The minimum atomic E-state index is -0.254. The standard InChI is InChI=1S/C28H40N8O3.C4H8O2.C2H6/c1-17(2)31-26-24-25(34-28(35-26)32-18(3)4)30-15-21(33-24)16-36(7)22-12-10-20(11-13-22)27(38)29-14-8-9-23(37)39-19(5)6;1-4(2)6-3-5;1-2/h10-13,15,17-19H,8-9,14,16H2,1-7H3,(H,29,38)(H2,30,31,32,34,35);3-4H,1-2H3;1-2H3. The van der Waals surface area contributed by atoms with E-state index in [9.17, 15) is 14.4 Å². The number of carbonyl (C=O) groups excluding carboxylic acids is 3. The number of aromatic nitrogens is 4. The first-order chi connectivity index (χ1) is 22.3. The monoisotopic (exact) mass is 654 g/mol. The highest BCUT2D eigenvalue weighted by Crippen LogP contribution is 2.22. The Morgan fingerprint density at radius 2 is 1.53 bits per heavy atom. The predicted molar refractivity (Wildman–Crippen MR) is 188 cm³/mol. The first kappa shape index (κ1) is 40.5. The Hall–Kier alpha value is -4.55. The van der Waals surface area contributed by atoms with Gasteiger partial charge >= 0.3 is 5.97 Å². The molecule has 0 unspecified atom stereocenters. The largest absolute Gasteiger partial charge is 0.465 e. The summed E-state index contributed by atoms with van der Waals surface area (Å²) in [6.07, 6.45) is 2.42. The third kappa shape index (κ3) is 15.5. The number of amides is 1. The number of carbonyl (C=O) groups is 3. The lowest BCUT2D eigenvalue weighted by atomic mass is 10.1. The van der Waals surface area contributed by atoms with Crippen LogP contribution >= 0.6 is 0 Å². The van der Waals surface area contributed by atoms with Gasteiger partial charge in [0.15, 0.2) is 17.0 Å². The minimum absolute atomic E-state index is 0.0301. The van der Waals surface area contributed by atoms with E-state index in [0.717, 1.165) is 11.4 Å². The van der Waals surface area contributed by atoms with Crippen LogP contribution in [0.3, 0.4) is 0 Å². The molecule has 3 rings (SSSR count). The van der Waals surface area contributed by atoms with E-state index in [-0.39, 0.29) is 42.6 Å². The fourth-order valence-electron chi connectivity index (χ4n) is 3.89. The van der Waals surface area contributed by atoms with Crippen molar-refractivity contribution in [1.82, 2.24) is 25.3 Å². The molecule has 0 radical (unpaired) electrons. The van der Waals surface area contributed by atoms with Crippen molar-refractivity contribution in [3.8, 4) is 0 Å². The zero-order valence-corrected chi connectivity index (χ0v) is 29.9. The van der Waals surface area contributed by atoms with E-state index in [1.807, 2.05) is 79.5 Å². The number of esters is 1. The number of anilines is 3. The molecule has 0 aliphatic heterocycles. The number of ether oxygens (including phenoxy) is 2. The molecule has 3 aromatic rings. The molecule has 3 N–H and O–H groups in total. The molecule has 1 amide bonds. The van der Waals surface area contributed by atoms with E-state index in [0.29, 0.717) is 54.5 Å². The molecule has 47 heavy (non-hydrogen) atoms. The maximum atomic E-state index is 12.5. The first-order valence-corrected chi connectivity index (χ1v) is 16.2. The summed E-state index contributed by atoms with van der Waals surface area (Å²) in [5.41, 5.74) is 3.39. The van der Waals surface area contributed by atoms with E-state index in [1.54, 1.807) is 32.2 Å².